The number of nitrogens with one attached hydrogen (secondary N) is 1. The third-order valence-corrected chi connectivity index (χ3v) is 2.99. The highest BCUT2D eigenvalue weighted by atomic mass is 16.5. The molecule has 0 aromatic carbocycles. The van der Waals surface area contributed by atoms with Gasteiger partial charge in [-0.2, -0.15) is 0 Å². The third-order valence-electron chi connectivity index (χ3n) is 2.99. The van der Waals surface area contributed by atoms with Gasteiger partial charge in [0.1, 0.15) is 6.04 Å². The van der Waals surface area contributed by atoms with E-state index in [2.05, 4.69) is 10.1 Å². The molecule has 0 saturated carbocycles. The van der Waals surface area contributed by atoms with E-state index in [1.54, 1.807) is 7.05 Å². The Labute approximate surface area is 103 Å². The molecule has 1 fully saturated rings. The van der Waals surface area contributed by atoms with E-state index < -0.39 is 6.04 Å². The van der Waals surface area contributed by atoms with E-state index in [1.807, 2.05) is 13.8 Å². The number of likely N-dealkylation sites (N-methyl/N-ethyl adjacent to an activating group) is 1. The standard InChI is InChI=1S/C12H23NO4/c1-8-5-10(6-9(2)17-8)16-7-11(13-3)12(14)15-4/h8-11,13H,5-7H2,1-4H3. The van der Waals surface area contributed by atoms with Crippen molar-refractivity contribution in [1.29, 1.82) is 0 Å². The molecular weight excluding hydrogens is 222 g/mol. The number of carbonyl (C=O) groups excluding carboxylic acids is 1. The average Bonchev–Trinajstić information content (AvgIpc) is 2.28. The zero-order valence-corrected chi connectivity index (χ0v) is 11.1. The monoisotopic (exact) mass is 245 g/mol. The minimum atomic E-state index is -0.395. The highest BCUT2D eigenvalue weighted by Crippen LogP contribution is 2.21. The third kappa shape index (κ3) is 4.61. The van der Waals surface area contributed by atoms with Crippen molar-refractivity contribution < 1.29 is 19.0 Å². The maximum atomic E-state index is 11.4. The highest BCUT2D eigenvalue weighted by Gasteiger charge is 2.26. The van der Waals surface area contributed by atoms with Gasteiger partial charge in [-0.3, -0.25) is 4.79 Å². The number of rotatable bonds is 5. The fourth-order valence-corrected chi connectivity index (χ4v) is 2.12. The Bertz CT molecular complexity index is 237. The van der Waals surface area contributed by atoms with E-state index in [4.69, 9.17) is 9.47 Å². The summed E-state index contributed by atoms with van der Waals surface area (Å²) in [4.78, 5) is 11.4. The lowest BCUT2D eigenvalue weighted by atomic mass is 10.0. The minimum absolute atomic E-state index is 0.161. The molecule has 0 radical (unpaired) electrons. The fourth-order valence-electron chi connectivity index (χ4n) is 2.12. The number of hydrogen-bond acceptors (Lipinski definition) is 5. The van der Waals surface area contributed by atoms with Crippen LogP contribution in [0.1, 0.15) is 26.7 Å². The first-order chi connectivity index (χ1) is 8.06. The first-order valence-corrected chi connectivity index (χ1v) is 6.09. The average molecular weight is 245 g/mol. The Hall–Kier alpha value is -0.650. The van der Waals surface area contributed by atoms with Gasteiger partial charge in [0.05, 0.1) is 32.0 Å². The van der Waals surface area contributed by atoms with E-state index in [9.17, 15) is 4.79 Å². The lowest BCUT2D eigenvalue weighted by molar-refractivity contribution is -0.147. The molecule has 1 aliphatic heterocycles. The van der Waals surface area contributed by atoms with Crippen molar-refractivity contribution in [1.82, 2.24) is 5.32 Å². The van der Waals surface area contributed by atoms with E-state index >= 15 is 0 Å². The Balaban J connectivity index is 2.35. The summed E-state index contributed by atoms with van der Waals surface area (Å²) in [6.45, 7) is 4.43. The summed E-state index contributed by atoms with van der Waals surface area (Å²) >= 11 is 0. The smallest absolute Gasteiger partial charge is 0.325 e. The maximum Gasteiger partial charge on any atom is 0.325 e. The second-order valence-corrected chi connectivity index (χ2v) is 4.55. The Morgan fingerprint density at radius 3 is 2.47 bits per heavy atom. The molecule has 5 nitrogen and oxygen atoms in total. The van der Waals surface area contributed by atoms with Crippen LogP contribution in [0.25, 0.3) is 0 Å². The van der Waals surface area contributed by atoms with Gasteiger partial charge in [-0.15, -0.1) is 0 Å². The maximum absolute atomic E-state index is 11.4. The minimum Gasteiger partial charge on any atom is -0.468 e. The molecule has 3 unspecified atom stereocenters. The van der Waals surface area contributed by atoms with Crippen molar-refractivity contribution >= 4 is 5.97 Å². The summed E-state index contributed by atoms with van der Waals surface area (Å²) in [6, 6.07) is -0.395. The summed E-state index contributed by atoms with van der Waals surface area (Å²) in [5.41, 5.74) is 0. The molecular formula is C12H23NO4. The normalized spacial score (nSPS) is 30.9. The second kappa shape index (κ2) is 6.93. The summed E-state index contributed by atoms with van der Waals surface area (Å²) in [7, 11) is 3.10. The zero-order valence-electron chi connectivity index (χ0n) is 11.1. The van der Waals surface area contributed by atoms with Gasteiger partial charge in [0.2, 0.25) is 0 Å². The van der Waals surface area contributed by atoms with Gasteiger partial charge in [0.25, 0.3) is 0 Å². The van der Waals surface area contributed by atoms with Gasteiger partial charge < -0.3 is 19.5 Å². The van der Waals surface area contributed by atoms with Crippen molar-refractivity contribution in [3.05, 3.63) is 0 Å². The first-order valence-electron chi connectivity index (χ1n) is 6.09. The number of ether oxygens (including phenoxy) is 3. The molecule has 0 aromatic heterocycles. The van der Waals surface area contributed by atoms with Crippen LogP contribution in [0.4, 0.5) is 0 Å². The molecule has 0 spiro atoms. The second-order valence-electron chi connectivity index (χ2n) is 4.55. The largest absolute Gasteiger partial charge is 0.468 e. The van der Waals surface area contributed by atoms with Gasteiger partial charge in [0, 0.05) is 0 Å². The molecule has 0 amide bonds. The molecule has 3 atom stereocenters. The molecule has 1 aliphatic rings. The summed E-state index contributed by atoms with van der Waals surface area (Å²) < 4.78 is 16.1. The summed E-state index contributed by atoms with van der Waals surface area (Å²) in [5, 5.41) is 2.88. The van der Waals surface area contributed by atoms with E-state index in [-0.39, 0.29) is 24.3 Å². The molecule has 17 heavy (non-hydrogen) atoms. The molecule has 0 bridgehead atoms. The van der Waals surface area contributed by atoms with Crippen molar-refractivity contribution in [3.63, 3.8) is 0 Å². The van der Waals surface area contributed by atoms with Gasteiger partial charge in [0.15, 0.2) is 0 Å². The van der Waals surface area contributed by atoms with Crippen LogP contribution in [-0.2, 0) is 19.0 Å². The lowest BCUT2D eigenvalue weighted by Gasteiger charge is -2.32. The van der Waals surface area contributed by atoms with Crippen LogP contribution >= 0.6 is 0 Å². The van der Waals surface area contributed by atoms with Crippen LogP contribution < -0.4 is 5.32 Å². The predicted octanol–water partition coefficient (Wildman–Crippen LogP) is 0.720. The zero-order chi connectivity index (χ0) is 12.8. The van der Waals surface area contributed by atoms with Gasteiger partial charge >= 0.3 is 5.97 Å². The van der Waals surface area contributed by atoms with Crippen LogP contribution in [0, 0.1) is 0 Å². The Morgan fingerprint density at radius 1 is 1.41 bits per heavy atom. The highest BCUT2D eigenvalue weighted by molar-refractivity contribution is 5.75. The van der Waals surface area contributed by atoms with Gasteiger partial charge in [-0.25, -0.2) is 0 Å². The molecule has 0 aliphatic carbocycles. The Kier molecular flexibility index (Phi) is 5.88. The Morgan fingerprint density at radius 2 is 2.00 bits per heavy atom. The molecule has 5 heteroatoms. The van der Waals surface area contributed by atoms with E-state index in [0.29, 0.717) is 6.61 Å². The lowest BCUT2D eigenvalue weighted by Crippen LogP contribution is -2.42. The van der Waals surface area contributed by atoms with Gasteiger partial charge in [-0.1, -0.05) is 0 Å². The van der Waals surface area contributed by atoms with Crippen molar-refractivity contribution in [2.24, 2.45) is 0 Å². The number of esters is 1. The predicted molar refractivity (Wildman–Crippen MR) is 63.8 cm³/mol. The molecule has 100 valence electrons. The number of hydrogen-bond donors (Lipinski definition) is 1. The van der Waals surface area contributed by atoms with Crippen LogP contribution in [0.15, 0.2) is 0 Å². The van der Waals surface area contributed by atoms with Crippen LogP contribution in [-0.4, -0.2) is 51.1 Å². The molecule has 1 heterocycles. The topological polar surface area (TPSA) is 56.8 Å². The number of methoxy groups -OCH3 is 1. The molecule has 1 saturated heterocycles. The fraction of sp³-hybridized carbons (Fsp3) is 0.917. The summed E-state index contributed by atoms with van der Waals surface area (Å²) in [5.74, 6) is -0.291. The van der Waals surface area contributed by atoms with E-state index in [1.165, 1.54) is 7.11 Å². The first kappa shape index (κ1) is 14.4. The molecule has 1 rings (SSSR count). The summed E-state index contributed by atoms with van der Waals surface area (Å²) in [6.07, 6.45) is 2.35. The SMILES string of the molecule is CNC(COC1CC(C)OC(C)C1)C(=O)OC. The van der Waals surface area contributed by atoms with Crippen molar-refractivity contribution in [3.8, 4) is 0 Å². The van der Waals surface area contributed by atoms with Crippen molar-refractivity contribution in [2.75, 3.05) is 20.8 Å². The number of carbonyl (C=O) groups is 1. The molecule has 1 N–H and O–H groups in total. The quantitative estimate of drug-likeness (QED) is 0.723. The van der Waals surface area contributed by atoms with Crippen LogP contribution in [0.5, 0.6) is 0 Å². The van der Waals surface area contributed by atoms with Gasteiger partial charge in [-0.05, 0) is 33.7 Å². The van der Waals surface area contributed by atoms with Crippen LogP contribution in [0.3, 0.4) is 0 Å². The van der Waals surface area contributed by atoms with Crippen molar-refractivity contribution in [2.45, 2.75) is 51.0 Å². The molecule has 0 aromatic rings. The van der Waals surface area contributed by atoms with Crippen LogP contribution in [0.2, 0.25) is 0 Å². The van der Waals surface area contributed by atoms with E-state index in [0.717, 1.165) is 12.8 Å².